The summed E-state index contributed by atoms with van der Waals surface area (Å²) < 4.78 is 33.5. The first-order valence-corrected chi connectivity index (χ1v) is 24.9. The molecule has 0 amide bonds. The highest BCUT2D eigenvalue weighted by molar-refractivity contribution is 7.47. The second-order valence-corrected chi connectivity index (χ2v) is 16.7. The number of hydrogen-bond acceptors (Lipinski definition) is 7. The van der Waals surface area contributed by atoms with Crippen molar-refractivity contribution in [2.24, 2.45) is 5.73 Å². The molecule has 2 unspecified atom stereocenters. The molecule has 3 N–H and O–H groups in total. The topological polar surface area (TPSA) is 117 Å². The van der Waals surface area contributed by atoms with Crippen LogP contribution in [-0.4, -0.2) is 49.9 Å². The SMILES string of the molecule is CC/C=C\C/C=C\C/C=C\CCCCCCCCCC(=O)OC(COCCCCCCCCC/C=C\C/C=C\C/C=C\CCCCCCC)COP(=O)(O)OCCN. The van der Waals surface area contributed by atoms with E-state index in [9.17, 15) is 14.3 Å². The molecule has 9 heteroatoms. The maximum atomic E-state index is 12.6. The third kappa shape index (κ3) is 45.0. The average molecular weight is 834 g/mol. The van der Waals surface area contributed by atoms with Gasteiger partial charge in [-0.3, -0.25) is 13.8 Å². The van der Waals surface area contributed by atoms with E-state index in [1.807, 2.05) is 0 Å². The van der Waals surface area contributed by atoms with Gasteiger partial charge in [0.1, 0.15) is 6.10 Å². The first-order valence-electron chi connectivity index (χ1n) is 23.4. The van der Waals surface area contributed by atoms with Crippen LogP contribution < -0.4 is 5.73 Å². The van der Waals surface area contributed by atoms with Crippen molar-refractivity contribution >= 4 is 13.8 Å². The van der Waals surface area contributed by atoms with E-state index in [-0.39, 0.29) is 32.3 Å². The number of nitrogens with two attached hydrogens (primary N) is 1. The second-order valence-electron chi connectivity index (χ2n) is 15.2. The number of allylic oxidation sites excluding steroid dienone is 12. The van der Waals surface area contributed by atoms with Crippen LogP contribution in [0.25, 0.3) is 0 Å². The Kier molecular flexibility index (Phi) is 44.4. The lowest BCUT2D eigenvalue weighted by molar-refractivity contribution is -0.154. The van der Waals surface area contributed by atoms with Crippen molar-refractivity contribution in [3.63, 3.8) is 0 Å². The summed E-state index contributed by atoms with van der Waals surface area (Å²) in [4.78, 5) is 22.5. The van der Waals surface area contributed by atoms with E-state index in [0.29, 0.717) is 13.0 Å². The highest BCUT2D eigenvalue weighted by atomic mass is 31.2. The number of phosphoric ester groups is 1. The lowest BCUT2D eigenvalue weighted by Gasteiger charge is -2.20. The Hall–Kier alpha value is -2.06. The summed E-state index contributed by atoms with van der Waals surface area (Å²) >= 11 is 0. The summed E-state index contributed by atoms with van der Waals surface area (Å²) in [5.41, 5.74) is 5.38. The van der Waals surface area contributed by atoms with Crippen LogP contribution in [0, 0.1) is 0 Å². The van der Waals surface area contributed by atoms with Crippen LogP contribution in [0.1, 0.15) is 194 Å². The van der Waals surface area contributed by atoms with Crippen LogP contribution in [0.2, 0.25) is 0 Å². The molecular weight excluding hydrogens is 746 g/mol. The fraction of sp³-hybridized carbons (Fsp3) is 0.735. The van der Waals surface area contributed by atoms with Gasteiger partial charge in [-0.15, -0.1) is 0 Å². The second kappa shape index (κ2) is 46.0. The highest BCUT2D eigenvalue weighted by Crippen LogP contribution is 2.43. The van der Waals surface area contributed by atoms with E-state index in [1.54, 1.807) is 0 Å². The van der Waals surface area contributed by atoms with Gasteiger partial charge in [0.05, 0.1) is 19.8 Å². The Balaban J connectivity index is 4.04. The van der Waals surface area contributed by atoms with Crippen molar-refractivity contribution in [1.82, 2.24) is 0 Å². The number of ether oxygens (including phenoxy) is 2. The Morgan fingerprint density at radius 1 is 0.534 bits per heavy atom. The molecule has 0 aromatic heterocycles. The van der Waals surface area contributed by atoms with Gasteiger partial charge in [-0.2, -0.15) is 0 Å². The Labute approximate surface area is 356 Å². The molecule has 0 spiro atoms. The fourth-order valence-corrected chi connectivity index (χ4v) is 6.96. The molecule has 0 aliphatic carbocycles. The molecule has 0 saturated carbocycles. The number of hydrogen-bond donors (Lipinski definition) is 2. The van der Waals surface area contributed by atoms with Gasteiger partial charge in [0.2, 0.25) is 0 Å². The minimum atomic E-state index is -4.29. The van der Waals surface area contributed by atoms with Gasteiger partial charge >= 0.3 is 13.8 Å². The van der Waals surface area contributed by atoms with Gasteiger partial charge in [0, 0.05) is 19.6 Å². The monoisotopic (exact) mass is 834 g/mol. The zero-order valence-corrected chi connectivity index (χ0v) is 38.2. The number of carbonyl (C=O) groups is 1. The smallest absolute Gasteiger partial charge is 0.457 e. The van der Waals surface area contributed by atoms with E-state index >= 15 is 0 Å². The fourth-order valence-electron chi connectivity index (χ4n) is 6.19. The van der Waals surface area contributed by atoms with Crippen LogP contribution in [0.3, 0.4) is 0 Å². The molecule has 58 heavy (non-hydrogen) atoms. The average Bonchev–Trinajstić information content (AvgIpc) is 3.21. The van der Waals surface area contributed by atoms with Crippen molar-refractivity contribution in [2.45, 2.75) is 200 Å². The summed E-state index contributed by atoms with van der Waals surface area (Å²) in [5.74, 6) is -0.346. The van der Waals surface area contributed by atoms with Crippen LogP contribution in [0.4, 0.5) is 0 Å². The molecule has 0 aliphatic rings. The van der Waals surface area contributed by atoms with Crippen LogP contribution >= 0.6 is 7.82 Å². The largest absolute Gasteiger partial charge is 0.472 e. The molecule has 0 radical (unpaired) electrons. The molecule has 8 nitrogen and oxygen atoms in total. The summed E-state index contributed by atoms with van der Waals surface area (Å²) in [7, 11) is -4.29. The van der Waals surface area contributed by atoms with E-state index in [0.717, 1.165) is 83.5 Å². The third-order valence-electron chi connectivity index (χ3n) is 9.61. The Bertz CT molecular complexity index is 1120. The summed E-state index contributed by atoms with van der Waals surface area (Å²) in [5, 5.41) is 0. The maximum Gasteiger partial charge on any atom is 0.472 e. The number of phosphoric acid groups is 1. The van der Waals surface area contributed by atoms with Gasteiger partial charge < -0.3 is 20.1 Å². The molecular formula is C49H88NO7P. The highest BCUT2D eigenvalue weighted by Gasteiger charge is 2.25. The first-order chi connectivity index (χ1) is 28.4. The van der Waals surface area contributed by atoms with Crippen LogP contribution in [-0.2, 0) is 27.9 Å². The third-order valence-corrected chi connectivity index (χ3v) is 10.6. The molecule has 2 atom stereocenters. The molecule has 0 aromatic rings. The van der Waals surface area contributed by atoms with Gasteiger partial charge in [0.25, 0.3) is 0 Å². The molecule has 0 heterocycles. The molecule has 0 aromatic carbocycles. The molecule has 0 saturated heterocycles. The summed E-state index contributed by atoms with van der Waals surface area (Å²) in [6, 6.07) is 0. The minimum absolute atomic E-state index is 0.0932. The lowest BCUT2D eigenvalue weighted by Crippen LogP contribution is -2.28. The zero-order chi connectivity index (χ0) is 42.3. The Morgan fingerprint density at radius 2 is 0.966 bits per heavy atom. The minimum Gasteiger partial charge on any atom is -0.457 e. The normalized spacial score (nSPS) is 14.1. The summed E-state index contributed by atoms with van der Waals surface area (Å²) in [6.07, 6.45) is 57.8. The quantitative estimate of drug-likeness (QED) is 0.0270. The number of carbonyl (C=O) groups excluding carboxylic acids is 1. The maximum absolute atomic E-state index is 12.6. The number of rotatable bonds is 44. The molecule has 336 valence electrons. The van der Waals surface area contributed by atoms with Gasteiger partial charge in [-0.05, 0) is 83.5 Å². The molecule has 0 fully saturated rings. The van der Waals surface area contributed by atoms with Gasteiger partial charge in [0.15, 0.2) is 0 Å². The lowest BCUT2D eigenvalue weighted by atomic mass is 10.1. The first kappa shape index (κ1) is 55.9. The number of unbranched alkanes of at least 4 members (excludes halogenated alkanes) is 19. The van der Waals surface area contributed by atoms with Crippen molar-refractivity contribution < 1.29 is 32.8 Å². The Morgan fingerprint density at radius 3 is 1.45 bits per heavy atom. The molecule has 0 rings (SSSR count). The predicted octanol–water partition coefficient (Wildman–Crippen LogP) is 14.3. The van der Waals surface area contributed by atoms with Crippen molar-refractivity contribution in [1.29, 1.82) is 0 Å². The van der Waals surface area contributed by atoms with E-state index in [1.165, 1.54) is 89.9 Å². The van der Waals surface area contributed by atoms with Crippen molar-refractivity contribution in [2.75, 3.05) is 33.0 Å². The zero-order valence-electron chi connectivity index (χ0n) is 37.3. The summed E-state index contributed by atoms with van der Waals surface area (Å²) in [6.45, 7) is 4.76. The van der Waals surface area contributed by atoms with E-state index < -0.39 is 13.9 Å². The van der Waals surface area contributed by atoms with Gasteiger partial charge in [-0.25, -0.2) is 4.57 Å². The van der Waals surface area contributed by atoms with Crippen molar-refractivity contribution in [3.05, 3.63) is 72.9 Å². The van der Waals surface area contributed by atoms with Crippen LogP contribution in [0.15, 0.2) is 72.9 Å². The predicted molar refractivity (Wildman–Crippen MR) is 247 cm³/mol. The number of esters is 1. The van der Waals surface area contributed by atoms with E-state index in [2.05, 4.69) is 86.8 Å². The molecule has 0 aliphatic heterocycles. The molecule has 0 bridgehead atoms. The van der Waals surface area contributed by atoms with E-state index in [4.69, 9.17) is 24.3 Å². The van der Waals surface area contributed by atoms with Gasteiger partial charge in [-0.1, -0.05) is 177 Å². The standard InChI is InChI=1S/C49H88NO7P/c1-3-5-7-9-11-13-15-17-19-21-22-23-24-25-27-29-31-33-35-37-39-41-44-54-46-48(47-56-58(52,53)55-45-43-50)57-49(51)42-40-38-36-34-32-30-28-26-20-18-16-14-12-10-8-6-4-2/h6,8,12,14-15,17-18,20-22,24-25,48H,3-5,7,9-11,13,16,19,23,26-47,50H2,1-2H3,(H,52,53)/b8-6-,14-12-,17-15-,20-18-,22-21-,25-24-. The van der Waals surface area contributed by atoms with Crippen molar-refractivity contribution in [3.8, 4) is 0 Å². The van der Waals surface area contributed by atoms with Crippen LogP contribution in [0.5, 0.6) is 0 Å².